The fourth-order valence-electron chi connectivity index (χ4n) is 1.76. The summed E-state index contributed by atoms with van der Waals surface area (Å²) in [6.45, 7) is 2.04. The summed E-state index contributed by atoms with van der Waals surface area (Å²) in [5, 5.41) is 22.8. The van der Waals surface area contributed by atoms with Crippen LogP contribution < -0.4 is 10.1 Å². The van der Waals surface area contributed by atoms with E-state index in [4.69, 9.17) is 4.74 Å². The lowest BCUT2D eigenvalue weighted by molar-refractivity contribution is 0.102. The number of amides is 1. The summed E-state index contributed by atoms with van der Waals surface area (Å²) in [6, 6.07) is 6.84. The topological polar surface area (TPSA) is 108 Å². The third-order valence-electron chi connectivity index (χ3n) is 2.92. The predicted molar refractivity (Wildman–Crippen MR) is 82.2 cm³/mol. The van der Waals surface area contributed by atoms with Gasteiger partial charge in [0.2, 0.25) is 5.13 Å². The van der Waals surface area contributed by atoms with Crippen molar-refractivity contribution in [2.75, 3.05) is 5.32 Å². The van der Waals surface area contributed by atoms with E-state index in [0.29, 0.717) is 22.3 Å². The summed E-state index contributed by atoms with van der Waals surface area (Å²) in [6.07, 6.45) is 0. The number of tetrazole rings is 1. The highest BCUT2D eigenvalue weighted by Gasteiger charge is 2.10. The summed E-state index contributed by atoms with van der Waals surface area (Å²) < 4.78 is 7.13. The SMILES string of the molecule is Cc1nnc(NC(=O)c2cccc(OCc3nnnn3C)c2)s1. The molecule has 0 saturated heterocycles. The Labute approximate surface area is 135 Å². The van der Waals surface area contributed by atoms with Crippen LogP contribution in [0.4, 0.5) is 5.13 Å². The van der Waals surface area contributed by atoms with Gasteiger partial charge in [-0.15, -0.1) is 15.3 Å². The first kappa shape index (κ1) is 15.0. The zero-order valence-electron chi connectivity index (χ0n) is 12.4. The maximum absolute atomic E-state index is 12.2. The molecule has 0 atom stereocenters. The Bertz CT molecular complexity index is 829. The highest BCUT2D eigenvalue weighted by Crippen LogP contribution is 2.18. The number of nitrogens with zero attached hydrogens (tertiary/aromatic N) is 6. The van der Waals surface area contributed by atoms with E-state index in [1.807, 2.05) is 6.92 Å². The number of carbonyl (C=O) groups excluding carboxylic acids is 1. The number of anilines is 1. The second-order valence-corrected chi connectivity index (χ2v) is 5.80. The van der Waals surface area contributed by atoms with Gasteiger partial charge in [-0.3, -0.25) is 10.1 Å². The zero-order chi connectivity index (χ0) is 16.2. The minimum absolute atomic E-state index is 0.212. The third kappa shape index (κ3) is 3.66. The molecule has 0 spiro atoms. The Morgan fingerprint density at radius 1 is 1.35 bits per heavy atom. The molecule has 10 heteroatoms. The molecule has 0 unspecified atom stereocenters. The van der Waals surface area contributed by atoms with Gasteiger partial charge in [-0.2, -0.15) is 0 Å². The van der Waals surface area contributed by atoms with E-state index < -0.39 is 0 Å². The van der Waals surface area contributed by atoms with Crippen LogP contribution in [0, 0.1) is 6.92 Å². The van der Waals surface area contributed by atoms with E-state index in [2.05, 4.69) is 31.0 Å². The highest BCUT2D eigenvalue weighted by atomic mass is 32.1. The van der Waals surface area contributed by atoms with Gasteiger partial charge in [0.15, 0.2) is 5.82 Å². The molecule has 1 aromatic carbocycles. The first-order chi connectivity index (χ1) is 11.1. The quantitative estimate of drug-likeness (QED) is 0.748. The molecule has 3 rings (SSSR count). The van der Waals surface area contributed by atoms with Gasteiger partial charge in [-0.1, -0.05) is 17.4 Å². The second-order valence-electron chi connectivity index (χ2n) is 4.62. The molecular formula is C13H13N7O2S. The molecule has 0 radical (unpaired) electrons. The van der Waals surface area contributed by atoms with Crippen LogP contribution in [0.15, 0.2) is 24.3 Å². The average Bonchev–Trinajstić information content (AvgIpc) is 3.14. The van der Waals surface area contributed by atoms with Crippen LogP contribution in [0.25, 0.3) is 0 Å². The molecule has 0 aliphatic carbocycles. The molecule has 2 aromatic heterocycles. The van der Waals surface area contributed by atoms with Gasteiger partial charge < -0.3 is 4.74 Å². The number of ether oxygens (including phenoxy) is 1. The molecule has 118 valence electrons. The lowest BCUT2D eigenvalue weighted by atomic mass is 10.2. The van der Waals surface area contributed by atoms with Crippen molar-refractivity contribution in [3.63, 3.8) is 0 Å². The maximum atomic E-state index is 12.2. The van der Waals surface area contributed by atoms with Crippen LogP contribution in [0.1, 0.15) is 21.2 Å². The molecule has 9 nitrogen and oxygen atoms in total. The number of benzene rings is 1. The fourth-order valence-corrected chi connectivity index (χ4v) is 2.35. The average molecular weight is 331 g/mol. The van der Waals surface area contributed by atoms with Crippen LogP contribution in [0.3, 0.4) is 0 Å². The summed E-state index contributed by atoms with van der Waals surface area (Å²) in [7, 11) is 1.73. The zero-order valence-corrected chi connectivity index (χ0v) is 13.2. The van der Waals surface area contributed by atoms with Crippen molar-refractivity contribution >= 4 is 22.4 Å². The first-order valence-corrected chi connectivity index (χ1v) is 7.49. The summed E-state index contributed by atoms with van der Waals surface area (Å²) in [5.41, 5.74) is 0.464. The van der Waals surface area contributed by atoms with Gasteiger partial charge in [0.05, 0.1) is 0 Å². The van der Waals surface area contributed by atoms with Crippen molar-refractivity contribution < 1.29 is 9.53 Å². The van der Waals surface area contributed by atoms with E-state index in [0.717, 1.165) is 5.01 Å². The van der Waals surface area contributed by atoms with Crippen LogP contribution >= 0.6 is 11.3 Å². The number of hydrogen-bond acceptors (Lipinski definition) is 8. The van der Waals surface area contributed by atoms with Crippen LogP contribution in [-0.4, -0.2) is 36.3 Å². The number of hydrogen-bond donors (Lipinski definition) is 1. The van der Waals surface area contributed by atoms with Crippen molar-refractivity contribution in [3.8, 4) is 5.75 Å². The van der Waals surface area contributed by atoms with E-state index in [9.17, 15) is 4.79 Å². The lowest BCUT2D eigenvalue weighted by Gasteiger charge is -2.07. The van der Waals surface area contributed by atoms with Crippen molar-refractivity contribution in [1.29, 1.82) is 0 Å². The van der Waals surface area contributed by atoms with Crippen molar-refractivity contribution in [3.05, 3.63) is 40.7 Å². The van der Waals surface area contributed by atoms with Gasteiger partial charge in [0.1, 0.15) is 17.4 Å². The maximum Gasteiger partial charge on any atom is 0.257 e. The van der Waals surface area contributed by atoms with Crippen molar-refractivity contribution in [1.82, 2.24) is 30.4 Å². The molecule has 0 aliphatic heterocycles. The van der Waals surface area contributed by atoms with E-state index in [1.54, 1.807) is 31.3 Å². The van der Waals surface area contributed by atoms with Gasteiger partial charge in [0.25, 0.3) is 5.91 Å². The molecule has 0 aliphatic rings. The third-order valence-corrected chi connectivity index (χ3v) is 3.67. The number of carbonyl (C=O) groups is 1. The molecule has 1 N–H and O–H groups in total. The van der Waals surface area contributed by atoms with E-state index >= 15 is 0 Å². The normalized spacial score (nSPS) is 10.5. The molecule has 3 aromatic rings. The predicted octanol–water partition coefficient (Wildman–Crippen LogP) is 1.20. The summed E-state index contributed by atoms with van der Waals surface area (Å²) in [5.74, 6) is 0.866. The van der Waals surface area contributed by atoms with Gasteiger partial charge in [-0.05, 0) is 35.5 Å². The van der Waals surface area contributed by atoms with Crippen LogP contribution in [-0.2, 0) is 13.7 Å². The minimum Gasteiger partial charge on any atom is -0.486 e. The largest absolute Gasteiger partial charge is 0.486 e. The molecule has 23 heavy (non-hydrogen) atoms. The first-order valence-electron chi connectivity index (χ1n) is 6.67. The smallest absolute Gasteiger partial charge is 0.257 e. The van der Waals surface area contributed by atoms with Crippen molar-refractivity contribution in [2.24, 2.45) is 7.05 Å². The Kier molecular flexibility index (Phi) is 4.24. The monoisotopic (exact) mass is 331 g/mol. The molecule has 0 bridgehead atoms. The molecule has 1 amide bonds. The Morgan fingerprint density at radius 3 is 2.91 bits per heavy atom. The number of rotatable bonds is 5. The summed E-state index contributed by atoms with van der Waals surface area (Å²) in [4.78, 5) is 12.2. The minimum atomic E-state index is -0.271. The Hall–Kier alpha value is -2.88. The molecular weight excluding hydrogens is 318 g/mol. The number of nitrogens with one attached hydrogen (secondary N) is 1. The number of aromatic nitrogens is 6. The molecule has 0 saturated carbocycles. The Morgan fingerprint density at radius 2 is 2.22 bits per heavy atom. The van der Waals surface area contributed by atoms with Crippen LogP contribution in [0.2, 0.25) is 0 Å². The Balaban J connectivity index is 1.67. The van der Waals surface area contributed by atoms with E-state index in [1.165, 1.54) is 16.0 Å². The highest BCUT2D eigenvalue weighted by molar-refractivity contribution is 7.15. The van der Waals surface area contributed by atoms with Gasteiger partial charge >= 0.3 is 0 Å². The van der Waals surface area contributed by atoms with Crippen molar-refractivity contribution in [2.45, 2.75) is 13.5 Å². The van der Waals surface area contributed by atoms with Gasteiger partial charge in [-0.25, -0.2) is 4.68 Å². The molecule has 2 heterocycles. The van der Waals surface area contributed by atoms with E-state index in [-0.39, 0.29) is 12.5 Å². The van der Waals surface area contributed by atoms with Gasteiger partial charge in [0, 0.05) is 12.6 Å². The lowest BCUT2D eigenvalue weighted by Crippen LogP contribution is -2.12. The van der Waals surface area contributed by atoms with Crippen LogP contribution in [0.5, 0.6) is 5.75 Å². The second kappa shape index (κ2) is 6.48. The summed E-state index contributed by atoms with van der Waals surface area (Å²) >= 11 is 1.31. The fraction of sp³-hybridized carbons (Fsp3) is 0.231. The standard InChI is InChI=1S/C13H13N7O2S/c1-8-15-17-13(23-8)14-12(21)9-4-3-5-10(6-9)22-7-11-16-18-19-20(11)2/h3-6H,7H2,1-2H3,(H,14,17,21). The number of aryl methyl sites for hydroxylation is 2. The molecule has 0 fully saturated rings.